The van der Waals surface area contributed by atoms with Crippen LogP contribution in [0.3, 0.4) is 0 Å². The Labute approximate surface area is 194 Å². The van der Waals surface area contributed by atoms with E-state index in [2.05, 4.69) is 0 Å². The van der Waals surface area contributed by atoms with Crippen LogP contribution in [0.5, 0.6) is 5.75 Å². The van der Waals surface area contributed by atoms with Crippen LogP contribution >= 0.6 is 22.9 Å². The maximum Gasteiger partial charge on any atom is 0.307 e. The molecule has 2 heterocycles. The number of hydrogen-bond acceptors (Lipinski definition) is 6. The first kappa shape index (κ1) is 22.8. The number of rotatable bonds is 5. The Hall–Kier alpha value is -2.40. The molecule has 1 atom stereocenters. The minimum atomic E-state index is -3.73. The number of ether oxygens (including phenoxy) is 1. The number of halogens is 1. The highest BCUT2D eigenvalue weighted by molar-refractivity contribution is 7.89. The van der Waals surface area contributed by atoms with E-state index in [9.17, 15) is 18.0 Å². The number of sulfonamides is 1. The van der Waals surface area contributed by atoms with Crippen molar-refractivity contribution >= 4 is 49.1 Å². The highest BCUT2D eigenvalue weighted by atomic mass is 35.5. The maximum absolute atomic E-state index is 13.1. The number of hydrogen-bond donors (Lipinski definition) is 0. The van der Waals surface area contributed by atoms with Crippen molar-refractivity contribution in [3.63, 3.8) is 0 Å². The number of thiazole rings is 1. The van der Waals surface area contributed by atoms with E-state index < -0.39 is 16.1 Å². The summed E-state index contributed by atoms with van der Waals surface area (Å²) in [5, 5.41) is 0.516. The van der Waals surface area contributed by atoms with E-state index >= 15 is 0 Å². The Bertz CT molecular complexity index is 1330. The van der Waals surface area contributed by atoms with E-state index in [0.717, 1.165) is 11.3 Å². The van der Waals surface area contributed by atoms with Gasteiger partial charge in [-0.25, -0.2) is 8.42 Å². The standard InChI is InChI=1S/C21H22ClN3O5S2/c1-14(30-16-5-3-4-15(22)12-16)20(26)24-8-10-25(11-9-24)32(28,29)17-6-7-18-19(13-17)31-21(27)23(18)2/h3-7,12-14H,8-11H2,1-2H3/t14-/m1/s1. The summed E-state index contributed by atoms with van der Waals surface area (Å²) in [4.78, 5) is 26.2. The van der Waals surface area contributed by atoms with Crippen molar-refractivity contribution in [2.45, 2.75) is 17.9 Å². The molecule has 32 heavy (non-hydrogen) atoms. The van der Waals surface area contributed by atoms with Gasteiger partial charge in [0.1, 0.15) is 5.75 Å². The lowest BCUT2D eigenvalue weighted by atomic mass is 10.2. The van der Waals surface area contributed by atoms with Crippen LogP contribution in [0, 0.1) is 0 Å². The van der Waals surface area contributed by atoms with E-state index in [4.69, 9.17) is 16.3 Å². The molecule has 11 heteroatoms. The van der Waals surface area contributed by atoms with Crippen molar-refractivity contribution in [1.82, 2.24) is 13.8 Å². The maximum atomic E-state index is 13.1. The zero-order valence-corrected chi connectivity index (χ0v) is 19.9. The van der Waals surface area contributed by atoms with Gasteiger partial charge in [0.15, 0.2) is 6.10 Å². The van der Waals surface area contributed by atoms with Gasteiger partial charge < -0.3 is 14.2 Å². The van der Waals surface area contributed by atoms with Gasteiger partial charge in [-0.3, -0.25) is 9.59 Å². The monoisotopic (exact) mass is 495 g/mol. The van der Waals surface area contributed by atoms with Crippen molar-refractivity contribution in [1.29, 1.82) is 0 Å². The van der Waals surface area contributed by atoms with Crippen LogP contribution in [0.1, 0.15) is 6.92 Å². The predicted octanol–water partition coefficient (Wildman–Crippen LogP) is 2.55. The summed E-state index contributed by atoms with van der Waals surface area (Å²) in [7, 11) is -2.08. The molecule has 2 aromatic carbocycles. The summed E-state index contributed by atoms with van der Waals surface area (Å²) in [5.74, 6) is 0.288. The highest BCUT2D eigenvalue weighted by Crippen LogP contribution is 2.25. The number of nitrogens with zero attached hydrogens (tertiary/aromatic N) is 3. The molecule has 1 aliphatic rings. The van der Waals surface area contributed by atoms with Gasteiger partial charge in [-0.1, -0.05) is 29.0 Å². The highest BCUT2D eigenvalue weighted by Gasteiger charge is 2.32. The summed E-state index contributed by atoms with van der Waals surface area (Å²) in [6.45, 7) is 2.55. The molecule has 0 spiro atoms. The third-order valence-corrected chi connectivity index (χ3v) is 8.53. The molecule has 1 saturated heterocycles. The SMILES string of the molecule is C[C@@H](Oc1cccc(Cl)c1)C(=O)N1CCN(S(=O)(=O)c2ccc3c(c2)sc(=O)n3C)CC1. The van der Waals surface area contributed by atoms with Gasteiger partial charge in [0.25, 0.3) is 5.91 Å². The number of piperazine rings is 1. The second-order valence-electron chi connectivity index (χ2n) is 7.50. The quantitative estimate of drug-likeness (QED) is 0.542. The largest absolute Gasteiger partial charge is 0.481 e. The molecule has 1 fully saturated rings. The van der Waals surface area contributed by atoms with Crippen molar-refractivity contribution in [3.05, 3.63) is 57.2 Å². The second kappa shape index (κ2) is 8.86. The van der Waals surface area contributed by atoms with Crippen LogP contribution in [-0.2, 0) is 21.9 Å². The van der Waals surface area contributed by atoms with Crippen molar-refractivity contribution in [2.75, 3.05) is 26.2 Å². The number of fused-ring (bicyclic) bond motifs is 1. The average Bonchev–Trinajstić information content (AvgIpc) is 3.06. The second-order valence-corrected chi connectivity index (χ2v) is 10.9. The minimum Gasteiger partial charge on any atom is -0.481 e. The topological polar surface area (TPSA) is 88.9 Å². The van der Waals surface area contributed by atoms with E-state index in [1.165, 1.54) is 21.0 Å². The number of amides is 1. The fraction of sp³-hybridized carbons (Fsp3) is 0.333. The number of carbonyl (C=O) groups excluding carboxylic acids is 1. The van der Waals surface area contributed by atoms with Crippen molar-refractivity contribution in [2.24, 2.45) is 7.05 Å². The number of benzene rings is 2. The van der Waals surface area contributed by atoms with Gasteiger partial charge in [-0.05, 0) is 43.3 Å². The Morgan fingerprint density at radius 3 is 2.53 bits per heavy atom. The van der Waals surface area contributed by atoms with E-state index in [0.29, 0.717) is 21.0 Å². The Kier molecular flexibility index (Phi) is 6.30. The first-order valence-corrected chi connectivity index (χ1v) is 12.6. The van der Waals surface area contributed by atoms with Gasteiger partial charge in [0.05, 0.1) is 15.1 Å². The van der Waals surface area contributed by atoms with E-state index in [1.54, 1.807) is 49.2 Å². The molecule has 0 radical (unpaired) electrons. The van der Waals surface area contributed by atoms with Gasteiger partial charge in [-0.15, -0.1) is 0 Å². The molecule has 0 bridgehead atoms. The normalized spacial score (nSPS) is 16.3. The molecule has 3 aromatic rings. The Morgan fingerprint density at radius 1 is 1.12 bits per heavy atom. The molecule has 8 nitrogen and oxygen atoms in total. The molecule has 0 N–H and O–H groups in total. The lowest BCUT2D eigenvalue weighted by Crippen LogP contribution is -2.53. The first-order valence-electron chi connectivity index (χ1n) is 9.97. The molecule has 170 valence electrons. The average molecular weight is 496 g/mol. The summed E-state index contributed by atoms with van der Waals surface area (Å²) in [6.07, 6.45) is -0.722. The van der Waals surface area contributed by atoms with Crippen LogP contribution in [0.2, 0.25) is 5.02 Å². The summed E-state index contributed by atoms with van der Waals surface area (Å²) in [5.41, 5.74) is 0.697. The lowest BCUT2D eigenvalue weighted by Gasteiger charge is -2.35. The van der Waals surface area contributed by atoms with Crippen LogP contribution in [0.25, 0.3) is 10.2 Å². The molecule has 4 rings (SSSR count). The van der Waals surface area contributed by atoms with Crippen LogP contribution in [0.4, 0.5) is 0 Å². The molecule has 0 saturated carbocycles. The first-order chi connectivity index (χ1) is 15.2. The number of aryl methyl sites for hydroxylation is 1. The zero-order chi connectivity index (χ0) is 23.0. The van der Waals surface area contributed by atoms with Crippen LogP contribution < -0.4 is 9.61 Å². The molecular weight excluding hydrogens is 474 g/mol. The molecule has 0 unspecified atom stereocenters. The van der Waals surface area contributed by atoms with Gasteiger partial charge in [-0.2, -0.15) is 4.31 Å². The van der Waals surface area contributed by atoms with Crippen LogP contribution in [0.15, 0.2) is 52.2 Å². The summed E-state index contributed by atoms with van der Waals surface area (Å²) in [6, 6.07) is 11.5. The molecule has 1 aromatic heterocycles. The molecule has 1 amide bonds. The summed E-state index contributed by atoms with van der Waals surface area (Å²) < 4.78 is 35.4. The third-order valence-electron chi connectivity index (χ3n) is 5.41. The van der Waals surface area contributed by atoms with E-state index in [-0.39, 0.29) is 41.9 Å². The fourth-order valence-electron chi connectivity index (χ4n) is 3.62. The Morgan fingerprint density at radius 2 is 1.84 bits per heavy atom. The third kappa shape index (κ3) is 4.40. The van der Waals surface area contributed by atoms with Gasteiger partial charge >= 0.3 is 4.87 Å². The van der Waals surface area contributed by atoms with E-state index in [1.807, 2.05) is 0 Å². The lowest BCUT2D eigenvalue weighted by molar-refractivity contribution is -0.139. The Balaban J connectivity index is 1.42. The smallest absolute Gasteiger partial charge is 0.307 e. The molecule has 1 aliphatic heterocycles. The number of aromatic nitrogens is 1. The van der Waals surface area contributed by atoms with Crippen LogP contribution in [-0.4, -0.2) is 60.4 Å². The van der Waals surface area contributed by atoms with Gasteiger partial charge in [0, 0.05) is 38.2 Å². The fourth-order valence-corrected chi connectivity index (χ4v) is 6.25. The minimum absolute atomic E-state index is 0.143. The van der Waals surface area contributed by atoms with Gasteiger partial charge in [0.2, 0.25) is 10.0 Å². The van der Waals surface area contributed by atoms with Crippen molar-refractivity contribution < 1.29 is 17.9 Å². The zero-order valence-electron chi connectivity index (χ0n) is 17.5. The number of carbonyl (C=O) groups is 1. The molecule has 0 aliphatic carbocycles. The summed E-state index contributed by atoms with van der Waals surface area (Å²) >= 11 is 6.97. The predicted molar refractivity (Wildman–Crippen MR) is 124 cm³/mol. The molecular formula is C21H22ClN3O5S2. The van der Waals surface area contributed by atoms with Crippen molar-refractivity contribution in [3.8, 4) is 5.75 Å².